The number of aromatic hydroxyl groups is 1. The van der Waals surface area contributed by atoms with Gasteiger partial charge in [-0.1, -0.05) is 6.07 Å². The minimum absolute atomic E-state index is 0.109. The fourth-order valence-corrected chi connectivity index (χ4v) is 1.98. The van der Waals surface area contributed by atoms with Crippen LogP contribution >= 0.6 is 12.2 Å². The molecule has 19 heavy (non-hydrogen) atoms. The summed E-state index contributed by atoms with van der Waals surface area (Å²) in [4.78, 5) is 0. The van der Waals surface area contributed by atoms with E-state index in [2.05, 4.69) is 15.8 Å². The van der Waals surface area contributed by atoms with E-state index in [-0.39, 0.29) is 11.3 Å². The van der Waals surface area contributed by atoms with Gasteiger partial charge in [-0.25, -0.2) is 0 Å². The van der Waals surface area contributed by atoms with Crippen LogP contribution in [0.5, 0.6) is 5.75 Å². The third-order valence-corrected chi connectivity index (χ3v) is 2.53. The van der Waals surface area contributed by atoms with Crippen LogP contribution in [0.4, 0.5) is 0 Å². The average molecular weight is 279 g/mol. The lowest BCUT2D eigenvalue weighted by atomic mass is 10.1. The van der Waals surface area contributed by atoms with E-state index in [4.69, 9.17) is 12.2 Å². The van der Waals surface area contributed by atoms with Gasteiger partial charge in [0.25, 0.3) is 0 Å². The van der Waals surface area contributed by atoms with E-state index in [0.717, 1.165) is 11.1 Å². The Hall–Kier alpha value is -1.62. The summed E-state index contributed by atoms with van der Waals surface area (Å²) in [5.41, 5.74) is 5.20. The van der Waals surface area contributed by atoms with Gasteiger partial charge in [-0.2, -0.15) is 5.10 Å². The van der Waals surface area contributed by atoms with Crippen LogP contribution in [0.15, 0.2) is 17.2 Å². The van der Waals surface area contributed by atoms with Crippen molar-refractivity contribution in [2.45, 2.75) is 40.2 Å². The molecule has 5 heteroatoms. The molecule has 0 spiro atoms. The quantitative estimate of drug-likeness (QED) is 0.442. The van der Waals surface area contributed by atoms with Gasteiger partial charge >= 0.3 is 0 Å². The summed E-state index contributed by atoms with van der Waals surface area (Å²) in [5.74, 6) is 0.242. The van der Waals surface area contributed by atoms with Crippen molar-refractivity contribution in [1.82, 2.24) is 10.7 Å². The molecule has 0 amide bonds. The number of rotatable bonds is 2. The van der Waals surface area contributed by atoms with Crippen molar-refractivity contribution in [2.24, 2.45) is 5.10 Å². The van der Waals surface area contributed by atoms with Crippen LogP contribution in [0, 0.1) is 13.8 Å². The second-order valence-electron chi connectivity index (χ2n) is 5.59. The van der Waals surface area contributed by atoms with Crippen LogP contribution in [0.25, 0.3) is 0 Å². The van der Waals surface area contributed by atoms with Crippen LogP contribution in [-0.2, 0) is 0 Å². The maximum Gasteiger partial charge on any atom is 0.187 e. The highest BCUT2D eigenvalue weighted by molar-refractivity contribution is 7.80. The minimum Gasteiger partial charge on any atom is -0.507 e. The molecule has 1 rings (SSSR count). The van der Waals surface area contributed by atoms with Gasteiger partial charge in [-0.3, -0.25) is 5.43 Å². The molecular weight excluding hydrogens is 258 g/mol. The SMILES string of the molecule is Cc1cc(C)c(O)c(/C=N/NC(=S)NC(C)(C)C)c1. The molecular formula is C14H21N3OS. The summed E-state index contributed by atoms with van der Waals surface area (Å²) in [6.45, 7) is 9.88. The Bertz CT molecular complexity index is 504. The molecule has 0 fully saturated rings. The summed E-state index contributed by atoms with van der Waals surface area (Å²) in [6, 6.07) is 3.79. The van der Waals surface area contributed by atoms with Gasteiger partial charge in [0.2, 0.25) is 0 Å². The predicted octanol–water partition coefficient (Wildman–Crippen LogP) is 2.61. The molecule has 0 aromatic heterocycles. The summed E-state index contributed by atoms with van der Waals surface area (Å²) in [5, 5.41) is 17.5. The number of benzene rings is 1. The maximum atomic E-state index is 9.91. The van der Waals surface area contributed by atoms with E-state index < -0.39 is 0 Å². The molecule has 0 aliphatic heterocycles. The zero-order valence-corrected chi connectivity index (χ0v) is 12.9. The van der Waals surface area contributed by atoms with Crippen molar-refractivity contribution in [3.05, 3.63) is 28.8 Å². The van der Waals surface area contributed by atoms with E-state index in [9.17, 15) is 5.11 Å². The molecule has 0 atom stereocenters. The third kappa shape index (κ3) is 5.26. The Morgan fingerprint density at radius 3 is 2.53 bits per heavy atom. The van der Waals surface area contributed by atoms with Crippen molar-refractivity contribution in [3.63, 3.8) is 0 Å². The van der Waals surface area contributed by atoms with Gasteiger partial charge in [0.15, 0.2) is 5.11 Å². The van der Waals surface area contributed by atoms with Crippen LogP contribution in [0.1, 0.15) is 37.5 Å². The molecule has 4 nitrogen and oxygen atoms in total. The van der Waals surface area contributed by atoms with E-state index in [0.29, 0.717) is 10.7 Å². The summed E-state index contributed by atoms with van der Waals surface area (Å²) in [7, 11) is 0. The normalized spacial score (nSPS) is 11.6. The lowest BCUT2D eigenvalue weighted by Gasteiger charge is -2.21. The second kappa shape index (κ2) is 6.02. The zero-order chi connectivity index (χ0) is 14.6. The molecule has 0 unspecified atom stereocenters. The number of thiocarbonyl (C=S) groups is 1. The number of hydrazone groups is 1. The van der Waals surface area contributed by atoms with Crippen molar-refractivity contribution < 1.29 is 5.11 Å². The molecule has 0 saturated heterocycles. The van der Waals surface area contributed by atoms with Gasteiger partial charge < -0.3 is 10.4 Å². The van der Waals surface area contributed by atoms with Gasteiger partial charge in [0.1, 0.15) is 5.75 Å². The van der Waals surface area contributed by atoms with Gasteiger partial charge in [-0.05, 0) is 64.0 Å². The van der Waals surface area contributed by atoms with E-state index in [1.807, 2.05) is 46.8 Å². The topological polar surface area (TPSA) is 56.7 Å². The van der Waals surface area contributed by atoms with Gasteiger partial charge in [0.05, 0.1) is 6.21 Å². The van der Waals surface area contributed by atoms with Crippen molar-refractivity contribution >= 4 is 23.5 Å². The number of nitrogens with one attached hydrogen (secondary N) is 2. The van der Waals surface area contributed by atoms with E-state index in [1.165, 1.54) is 0 Å². The molecule has 1 aromatic rings. The Morgan fingerprint density at radius 1 is 1.32 bits per heavy atom. The Balaban J connectivity index is 2.71. The van der Waals surface area contributed by atoms with Crippen LogP contribution < -0.4 is 10.7 Å². The van der Waals surface area contributed by atoms with Crippen LogP contribution in [-0.4, -0.2) is 22.0 Å². The van der Waals surface area contributed by atoms with Crippen molar-refractivity contribution in [3.8, 4) is 5.75 Å². The summed E-state index contributed by atoms with van der Waals surface area (Å²) < 4.78 is 0. The fraction of sp³-hybridized carbons (Fsp3) is 0.429. The minimum atomic E-state index is -0.109. The lowest BCUT2D eigenvalue weighted by Crippen LogP contribution is -2.44. The first-order valence-electron chi connectivity index (χ1n) is 6.10. The van der Waals surface area contributed by atoms with Crippen LogP contribution in [0.3, 0.4) is 0 Å². The molecule has 0 aliphatic carbocycles. The molecule has 0 aliphatic rings. The Labute approximate surface area is 119 Å². The molecule has 0 radical (unpaired) electrons. The lowest BCUT2D eigenvalue weighted by molar-refractivity contribution is 0.470. The molecule has 0 bridgehead atoms. The number of hydrogen-bond acceptors (Lipinski definition) is 3. The standard InChI is InChI=1S/C14H21N3OS/c1-9-6-10(2)12(18)11(7-9)8-15-17-13(19)16-14(3,4)5/h6-8,18H,1-5H3,(H2,16,17,19)/b15-8+. The molecule has 0 saturated carbocycles. The molecule has 3 N–H and O–H groups in total. The second-order valence-corrected chi connectivity index (χ2v) is 6.00. The predicted molar refractivity (Wildman–Crippen MR) is 83.8 cm³/mol. The highest BCUT2D eigenvalue weighted by atomic mass is 32.1. The smallest absolute Gasteiger partial charge is 0.187 e. The molecule has 1 aromatic carbocycles. The first kappa shape index (κ1) is 15.4. The highest BCUT2D eigenvalue weighted by Gasteiger charge is 2.10. The number of hydrogen-bond donors (Lipinski definition) is 3. The number of phenols is 1. The Morgan fingerprint density at radius 2 is 1.95 bits per heavy atom. The van der Waals surface area contributed by atoms with Crippen molar-refractivity contribution in [2.75, 3.05) is 0 Å². The first-order valence-corrected chi connectivity index (χ1v) is 6.51. The van der Waals surface area contributed by atoms with Crippen molar-refractivity contribution in [1.29, 1.82) is 0 Å². The zero-order valence-electron chi connectivity index (χ0n) is 12.0. The van der Waals surface area contributed by atoms with E-state index in [1.54, 1.807) is 6.21 Å². The number of phenolic OH excluding ortho intramolecular Hbond substituents is 1. The number of nitrogens with zero attached hydrogens (tertiary/aromatic N) is 1. The summed E-state index contributed by atoms with van der Waals surface area (Å²) >= 11 is 5.10. The van der Waals surface area contributed by atoms with Gasteiger partial charge in [-0.15, -0.1) is 0 Å². The largest absolute Gasteiger partial charge is 0.507 e. The van der Waals surface area contributed by atoms with E-state index >= 15 is 0 Å². The van der Waals surface area contributed by atoms with Crippen LogP contribution in [0.2, 0.25) is 0 Å². The first-order chi connectivity index (χ1) is 8.69. The highest BCUT2D eigenvalue weighted by Crippen LogP contribution is 2.21. The van der Waals surface area contributed by atoms with Gasteiger partial charge in [0, 0.05) is 11.1 Å². The molecule has 0 heterocycles. The number of aryl methyl sites for hydroxylation is 2. The Kier molecular flexibility index (Phi) is 4.89. The average Bonchev–Trinajstić information content (AvgIpc) is 2.22. The third-order valence-electron chi connectivity index (χ3n) is 2.33. The summed E-state index contributed by atoms with van der Waals surface area (Å²) in [6.07, 6.45) is 1.56. The molecule has 104 valence electrons. The monoisotopic (exact) mass is 279 g/mol. The maximum absolute atomic E-state index is 9.91. The fourth-order valence-electron chi connectivity index (χ4n) is 1.62.